The molecule has 1 aromatic heterocycles. The van der Waals surface area contributed by atoms with E-state index in [1.54, 1.807) is 12.1 Å². The van der Waals surface area contributed by atoms with E-state index >= 15 is 0 Å². The highest BCUT2D eigenvalue weighted by molar-refractivity contribution is 6.01. The third-order valence-electron chi connectivity index (χ3n) is 4.15. The number of carboxylic acid groups (broad SMARTS) is 1. The van der Waals surface area contributed by atoms with Crippen molar-refractivity contribution in [1.29, 1.82) is 0 Å². The van der Waals surface area contributed by atoms with Crippen LogP contribution in [0.1, 0.15) is 48.9 Å². The van der Waals surface area contributed by atoms with Crippen LogP contribution in [0.5, 0.6) is 0 Å². The molecule has 0 spiro atoms. The maximum atomic E-state index is 11.5. The van der Waals surface area contributed by atoms with Crippen molar-refractivity contribution in [2.45, 2.75) is 45.3 Å². The van der Waals surface area contributed by atoms with Crippen molar-refractivity contribution < 1.29 is 14.6 Å². The molecule has 2 atom stereocenters. The number of ether oxygens (including phenoxy) is 1. The number of nitrogens with zero attached hydrogens (tertiary/aromatic N) is 2. The Morgan fingerprint density at radius 2 is 2.33 bits per heavy atom. The maximum absolute atomic E-state index is 11.5. The van der Waals surface area contributed by atoms with Crippen molar-refractivity contribution in [3.63, 3.8) is 0 Å². The third-order valence-corrected chi connectivity index (χ3v) is 4.15. The number of rotatable bonds is 3. The first kappa shape index (κ1) is 14.1. The minimum atomic E-state index is -0.899. The second-order valence-corrected chi connectivity index (χ2v) is 5.59. The zero-order valence-corrected chi connectivity index (χ0v) is 12.4. The molecule has 1 fully saturated rings. The number of carbonyl (C=O) groups is 1. The lowest BCUT2D eigenvalue weighted by molar-refractivity contribution is 0.00623. The average Bonchev–Trinajstić information content (AvgIpc) is 2.85. The topological polar surface area (TPSA) is 64.3 Å². The summed E-state index contributed by atoms with van der Waals surface area (Å²) in [7, 11) is 0. The monoisotopic (exact) mass is 288 g/mol. The molecule has 112 valence electrons. The van der Waals surface area contributed by atoms with Gasteiger partial charge in [-0.25, -0.2) is 9.78 Å². The Morgan fingerprint density at radius 1 is 1.52 bits per heavy atom. The second kappa shape index (κ2) is 5.48. The summed E-state index contributed by atoms with van der Waals surface area (Å²) in [4.78, 5) is 16.2. The van der Waals surface area contributed by atoms with E-state index in [0.29, 0.717) is 12.2 Å². The number of benzene rings is 1. The molecule has 1 aromatic carbocycles. The van der Waals surface area contributed by atoms with Gasteiger partial charge in [0, 0.05) is 19.1 Å². The Morgan fingerprint density at radius 3 is 3.00 bits per heavy atom. The largest absolute Gasteiger partial charge is 0.478 e. The Kier molecular flexibility index (Phi) is 3.68. The highest BCUT2D eigenvalue weighted by Gasteiger charge is 2.26. The molecule has 2 heterocycles. The minimum absolute atomic E-state index is 0.197. The van der Waals surface area contributed by atoms with Crippen LogP contribution < -0.4 is 0 Å². The Labute approximate surface area is 123 Å². The van der Waals surface area contributed by atoms with Crippen LogP contribution in [0.3, 0.4) is 0 Å². The van der Waals surface area contributed by atoms with Crippen molar-refractivity contribution in [2.24, 2.45) is 0 Å². The lowest BCUT2D eigenvalue weighted by Crippen LogP contribution is -2.26. The molecule has 21 heavy (non-hydrogen) atoms. The average molecular weight is 288 g/mol. The molecule has 2 unspecified atom stereocenters. The molecule has 5 nitrogen and oxygen atoms in total. The van der Waals surface area contributed by atoms with Gasteiger partial charge in [-0.05, 0) is 31.9 Å². The standard InChI is InChI=1S/C16H20N2O3/c1-3-14-17-13-6-4-5-12(16(19)20)15(13)18(14)11-7-8-21-10(2)9-11/h4-6,10-11H,3,7-9H2,1-2H3,(H,19,20). The first-order chi connectivity index (χ1) is 10.1. The van der Waals surface area contributed by atoms with E-state index in [1.165, 1.54) is 0 Å². The lowest BCUT2D eigenvalue weighted by Gasteiger charge is -2.30. The summed E-state index contributed by atoms with van der Waals surface area (Å²) in [6.07, 6.45) is 2.78. The van der Waals surface area contributed by atoms with Gasteiger partial charge in [-0.15, -0.1) is 0 Å². The van der Waals surface area contributed by atoms with Gasteiger partial charge in [0.1, 0.15) is 5.82 Å². The van der Waals surface area contributed by atoms with E-state index in [1.807, 2.05) is 6.07 Å². The molecule has 1 aliphatic rings. The Hall–Kier alpha value is -1.88. The van der Waals surface area contributed by atoms with Gasteiger partial charge in [-0.3, -0.25) is 0 Å². The predicted octanol–water partition coefficient (Wildman–Crippen LogP) is 3.04. The van der Waals surface area contributed by atoms with Crippen LogP contribution in [-0.2, 0) is 11.2 Å². The van der Waals surface area contributed by atoms with E-state index < -0.39 is 5.97 Å². The van der Waals surface area contributed by atoms with E-state index in [4.69, 9.17) is 4.74 Å². The van der Waals surface area contributed by atoms with Gasteiger partial charge < -0.3 is 14.4 Å². The molecule has 0 saturated carbocycles. The van der Waals surface area contributed by atoms with E-state index in [9.17, 15) is 9.90 Å². The number of aromatic nitrogens is 2. The fraction of sp³-hybridized carbons (Fsp3) is 0.500. The zero-order chi connectivity index (χ0) is 15.0. The molecule has 3 rings (SSSR count). The summed E-state index contributed by atoms with van der Waals surface area (Å²) in [5, 5.41) is 9.47. The Bertz CT molecular complexity index is 677. The predicted molar refractivity (Wildman–Crippen MR) is 79.8 cm³/mol. The molecule has 1 aliphatic heterocycles. The van der Waals surface area contributed by atoms with Gasteiger partial charge in [-0.1, -0.05) is 13.0 Å². The normalized spacial score (nSPS) is 22.6. The van der Waals surface area contributed by atoms with Crippen LogP contribution in [0.25, 0.3) is 11.0 Å². The molecular formula is C16H20N2O3. The molecule has 1 saturated heterocycles. The van der Waals surface area contributed by atoms with Crippen LogP contribution in [0.15, 0.2) is 18.2 Å². The molecule has 0 bridgehead atoms. The number of hydrogen-bond acceptors (Lipinski definition) is 3. The van der Waals surface area contributed by atoms with E-state index in [2.05, 4.69) is 23.4 Å². The molecular weight excluding hydrogens is 268 g/mol. The van der Waals surface area contributed by atoms with Gasteiger partial charge in [0.2, 0.25) is 0 Å². The van der Waals surface area contributed by atoms with Gasteiger partial charge in [0.05, 0.1) is 22.7 Å². The number of hydrogen-bond donors (Lipinski definition) is 1. The van der Waals surface area contributed by atoms with Gasteiger partial charge in [-0.2, -0.15) is 0 Å². The van der Waals surface area contributed by atoms with Crippen LogP contribution in [0.2, 0.25) is 0 Å². The van der Waals surface area contributed by atoms with Crippen molar-refractivity contribution in [2.75, 3.05) is 6.61 Å². The molecule has 2 aromatic rings. The SMILES string of the molecule is CCc1nc2cccc(C(=O)O)c2n1C1CCOC(C)C1. The molecule has 0 amide bonds. The number of para-hydroxylation sites is 1. The number of aromatic carboxylic acids is 1. The summed E-state index contributed by atoms with van der Waals surface area (Å²) < 4.78 is 7.76. The summed E-state index contributed by atoms with van der Waals surface area (Å²) in [5.41, 5.74) is 1.85. The fourth-order valence-electron chi connectivity index (χ4n) is 3.22. The van der Waals surface area contributed by atoms with Crippen LogP contribution in [-0.4, -0.2) is 33.3 Å². The summed E-state index contributed by atoms with van der Waals surface area (Å²) in [6, 6.07) is 5.56. The highest BCUT2D eigenvalue weighted by Crippen LogP contribution is 2.32. The summed E-state index contributed by atoms with van der Waals surface area (Å²) in [5.74, 6) is 0.0577. The summed E-state index contributed by atoms with van der Waals surface area (Å²) >= 11 is 0. The van der Waals surface area contributed by atoms with Gasteiger partial charge in [0.25, 0.3) is 0 Å². The Balaban J connectivity index is 2.21. The fourth-order valence-corrected chi connectivity index (χ4v) is 3.22. The first-order valence-corrected chi connectivity index (χ1v) is 7.46. The highest BCUT2D eigenvalue weighted by atomic mass is 16.5. The van der Waals surface area contributed by atoms with E-state index in [-0.39, 0.29) is 12.1 Å². The van der Waals surface area contributed by atoms with E-state index in [0.717, 1.165) is 36.1 Å². The maximum Gasteiger partial charge on any atom is 0.337 e. The number of aryl methyl sites for hydroxylation is 1. The number of imidazole rings is 1. The molecule has 0 radical (unpaired) electrons. The lowest BCUT2D eigenvalue weighted by atomic mass is 10.0. The van der Waals surface area contributed by atoms with Crippen molar-refractivity contribution in [1.82, 2.24) is 9.55 Å². The summed E-state index contributed by atoms with van der Waals surface area (Å²) in [6.45, 7) is 4.83. The van der Waals surface area contributed by atoms with Crippen LogP contribution in [0, 0.1) is 0 Å². The quantitative estimate of drug-likeness (QED) is 0.942. The van der Waals surface area contributed by atoms with Crippen LogP contribution >= 0.6 is 0 Å². The number of carboxylic acids is 1. The zero-order valence-electron chi connectivity index (χ0n) is 12.4. The second-order valence-electron chi connectivity index (χ2n) is 5.59. The molecule has 5 heteroatoms. The first-order valence-electron chi connectivity index (χ1n) is 7.46. The minimum Gasteiger partial charge on any atom is -0.478 e. The number of fused-ring (bicyclic) bond motifs is 1. The molecule has 1 N–H and O–H groups in total. The smallest absolute Gasteiger partial charge is 0.337 e. The van der Waals surface area contributed by atoms with Crippen molar-refractivity contribution in [3.8, 4) is 0 Å². The van der Waals surface area contributed by atoms with Crippen molar-refractivity contribution in [3.05, 3.63) is 29.6 Å². The van der Waals surface area contributed by atoms with Gasteiger partial charge in [0.15, 0.2) is 0 Å². The third kappa shape index (κ3) is 2.42. The van der Waals surface area contributed by atoms with Crippen molar-refractivity contribution >= 4 is 17.0 Å². The van der Waals surface area contributed by atoms with Gasteiger partial charge >= 0.3 is 5.97 Å². The molecule has 0 aliphatic carbocycles. The van der Waals surface area contributed by atoms with Crippen LogP contribution in [0.4, 0.5) is 0 Å².